The van der Waals surface area contributed by atoms with E-state index >= 15 is 0 Å². The summed E-state index contributed by atoms with van der Waals surface area (Å²) in [4.78, 5) is 16.6. The maximum Gasteiger partial charge on any atom is 0.416 e. The molecule has 1 amide bonds. The van der Waals surface area contributed by atoms with Gasteiger partial charge >= 0.3 is 6.18 Å². The highest BCUT2D eigenvalue weighted by Crippen LogP contribution is 2.31. The van der Waals surface area contributed by atoms with Crippen LogP contribution < -0.4 is 5.32 Å². The van der Waals surface area contributed by atoms with E-state index in [1.165, 1.54) is 30.5 Å². The van der Waals surface area contributed by atoms with Gasteiger partial charge in [-0.05, 0) is 53.1 Å². The van der Waals surface area contributed by atoms with Crippen molar-refractivity contribution in [1.82, 2.24) is 14.7 Å². The molecule has 0 saturated heterocycles. The molecular weight excluding hydrogens is 398 g/mol. The second kappa shape index (κ2) is 7.62. The van der Waals surface area contributed by atoms with Gasteiger partial charge in [0.05, 0.1) is 5.56 Å². The number of aromatic nitrogens is 2. The van der Waals surface area contributed by atoms with Crippen LogP contribution in [0.1, 0.15) is 21.6 Å². The van der Waals surface area contributed by atoms with E-state index in [9.17, 15) is 22.4 Å². The SMILES string of the molecule is O=C(NCc1cccc(F)c1)c1cn2cc(-c3ccc(C(F)(F)F)cc3)ccc2n1. The first-order valence-corrected chi connectivity index (χ1v) is 8.99. The van der Waals surface area contributed by atoms with Crippen LogP contribution in [0.2, 0.25) is 0 Å². The third-order valence-electron chi connectivity index (χ3n) is 4.57. The van der Waals surface area contributed by atoms with Crippen molar-refractivity contribution in [3.05, 3.63) is 95.7 Å². The zero-order valence-electron chi connectivity index (χ0n) is 15.4. The molecule has 4 aromatic rings. The molecule has 4 rings (SSSR count). The Bertz CT molecular complexity index is 1210. The highest BCUT2D eigenvalue weighted by molar-refractivity contribution is 5.92. The number of nitrogens with one attached hydrogen (secondary N) is 1. The Kier molecular flexibility index (Phi) is 4.99. The van der Waals surface area contributed by atoms with E-state index in [2.05, 4.69) is 10.3 Å². The molecule has 0 aliphatic rings. The van der Waals surface area contributed by atoms with E-state index in [1.807, 2.05) is 0 Å². The number of amides is 1. The Morgan fingerprint density at radius 1 is 0.967 bits per heavy atom. The largest absolute Gasteiger partial charge is 0.416 e. The van der Waals surface area contributed by atoms with Crippen molar-refractivity contribution < 1.29 is 22.4 Å². The molecule has 2 aromatic heterocycles. The molecule has 4 nitrogen and oxygen atoms in total. The number of imidazole rings is 1. The lowest BCUT2D eigenvalue weighted by molar-refractivity contribution is -0.137. The van der Waals surface area contributed by atoms with Crippen molar-refractivity contribution in [2.45, 2.75) is 12.7 Å². The quantitative estimate of drug-likeness (QED) is 0.474. The number of carbonyl (C=O) groups excluding carboxylic acids is 1. The summed E-state index contributed by atoms with van der Waals surface area (Å²) >= 11 is 0. The fourth-order valence-electron chi connectivity index (χ4n) is 3.04. The Morgan fingerprint density at radius 2 is 1.70 bits per heavy atom. The van der Waals surface area contributed by atoms with E-state index in [4.69, 9.17) is 0 Å². The van der Waals surface area contributed by atoms with E-state index in [0.29, 0.717) is 22.3 Å². The van der Waals surface area contributed by atoms with E-state index < -0.39 is 17.6 Å². The molecule has 0 fully saturated rings. The van der Waals surface area contributed by atoms with E-state index in [1.54, 1.807) is 34.9 Å². The van der Waals surface area contributed by atoms with Gasteiger partial charge in [0, 0.05) is 18.9 Å². The summed E-state index contributed by atoms with van der Waals surface area (Å²) in [7, 11) is 0. The molecule has 0 radical (unpaired) electrons. The predicted octanol–water partition coefficient (Wildman–Crippen LogP) is 5.09. The Hall–Kier alpha value is -3.68. The Balaban J connectivity index is 1.52. The van der Waals surface area contributed by atoms with Crippen LogP contribution in [0, 0.1) is 5.82 Å². The average Bonchev–Trinajstić information content (AvgIpc) is 3.15. The summed E-state index contributed by atoms with van der Waals surface area (Å²) in [5.41, 5.74) is 1.89. The van der Waals surface area contributed by atoms with Crippen molar-refractivity contribution in [3.8, 4) is 11.1 Å². The number of nitrogens with zero attached hydrogens (tertiary/aromatic N) is 2. The number of benzene rings is 2. The third kappa shape index (κ3) is 4.17. The second-order valence-corrected chi connectivity index (χ2v) is 6.70. The lowest BCUT2D eigenvalue weighted by Crippen LogP contribution is -2.23. The summed E-state index contributed by atoms with van der Waals surface area (Å²) < 4.78 is 53.0. The number of fused-ring (bicyclic) bond motifs is 1. The molecular formula is C22H15F4N3O. The number of pyridine rings is 1. The van der Waals surface area contributed by atoms with Crippen LogP contribution in [-0.4, -0.2) is 15.3 Å². The number of rotatable bonds is 4. The second-order valence-electron chi connectivity index (χ2n) is 6.70. The Labute approximate surface area is 168 Å². The molecule has 0 spiro atoms. The molecule has 0 saturated carbocycles. The zero-order chi connectivity index (χ0) is 21.3. The summed E-state index contributed by atoms with van der Waals surface area (Å²) in [6, 6.07) is 14.2. The highest BCUT2D eigenvalue weighted by Gasteiger charge is 2.30. The monoisotopic (exact) mass is 413 g/mol. The van der Waals surface area contributed by atoms with Crippen LogP contribution in [0.4, 0.5) is 17.6 Å². The fraction of sp³-hybridized carbons (Fsp3) is 0.0909. The number of halogens is 4. The molecule has 2 heterocycles. The van der Waals surface area contributed by atoms with Gasteiger partial charge in [0.15, 0.2) is 0 Å². The van der Waals surface area contributed by atoms with Gasteiger partial charge in [0.25, 0.3) is 5.91 Å². The first kappa shape index (κ1) is 19.6. The summed E-state index contributed by atoms with van der Waals surface area (Å²) in [5.74, 6) is -0.802. The number of carbonyl (C=O) groups is 1. The number of hydrogen-bond acceptors (Lipinski definition) is 2. The van der Waals surface area contributed by atoms with Gasteiger partial charge in [0.2, 0.25) is 0 Å². The minimum absolute atomic E-state index is 0.154. The van der Waals surface area contributed by atoms with Crippen LogP contribution in [0.15, 0.2) is 73.1 Å². The average molecular weight is 413 g/mol. The normalized spacial score (nSPS) is 11.6. The molecule has 30 heavy (non-hydrogen) atoms. The maximum atomic E-state index is 13.2. The molecule has 0 atom stereocenters. The van der Waals surface area contributed by atoms with Crippen molar-refractivity contribution in [3.63, 3.8) is 0 Å². The lowest BCUT2D eigenvalue weighted by atomic mass is 10.1. The van der Waals surface area contributed by atoms with E-state index in [-0.39, 0.29) is 18.1 Å². The number of hydrogen-bond donors (Lipinski definition) is 1. The number of alkyl halides is 3. The minimum Gasteiger partial charge on any atom is -0.347 e. The topological polar surface area (TPSA) is 46.4 Å². The smallest absolute Gasteiger partial charge is 0.347 e. The first-order valence-electron chi connectivity index (χ1n) is 8.99. The summed E-state index contributed by atoms with van der Waals surface area (Å²) in [5, 5.41) is 2.68. The van der Waals surface area contributed by atoms with Gasteiger partial charge in [-0.3, -0.25) is 4.79 Å². The maximum absolute atomic E-state index is 13.2. The van der Waals surface area contributed by atoms with Gasteiger partial charge in [-0.1, -0.05) is 24.3 Å². The van der Waals surface area contributed by atoms with Crippen molar-refractivity contribution >= 4 is 11.6 Å². The molecule has 1 N–H and O–H groups in total. The molecule has 0 aliphatic carbocycles. The summed E-state index contributed by atoms with van der Waals surface area (Å²) in [6.07, 6.45) is -1.17. The molecule has 2 aromatic carbocycles. The van der Waals surface area contributed by atoms with Crippen LogP contribution >= 0.6 is 0 Å². The standard InChI is InChI=1S/C22H15F4N3O/c23-18-3-1-2-14(10-18)11-27-21(30)19-13-29-12-16(6-9-20(29)28-19)15-4-7-17(8-5-15)22(24,25)26/h1-10,12-13H,11H2,(H,27,30). The van der Waals surface area contributed by atoms with Crippen LogP contribution in [0.3, 0.4) is 0 Å². The minimum atomic E-state index is -4.39. The zero-order valence-corrected chi connectivity index (χ0v) is 15.4. The van der Waals surface area contributed by atoms with E-state index in [0.717, 1.165) is 12.1 Å². The van der Waals surface area contributed by atoms with Crippen molar-refractivity contribution in [1.29, 1.82) is 0 Å². The first-order chi connectivity index (χ1) is 14.3. The van der Waals surface area contributed by atoms with Crippen molar-refractivity contribution in [2.75, 3.05) is 0 Å². The van der Waals surface area contributed by atoms with Gasteiger partial charge in [-0.25, -0.2) is 9.37 Å². The molecule has 0 bridgehead atoms. The highest BCUT2D eigenvalue weighted by atomic mass is 19.4. The molecule has 152 valence electrons. The van der Waals surface area contributed by atoms with Gasteiger partial charge in [-0.2, -0.15) is 13.2 Å². The van der Waals surface area contributed by atoms with Crippen LogP contribution in [0.5, 0.6) is 0 Å². The van der Waals surface area contributed by atoms with Crippen LogP contribution in [-0.2, 0) is 12.7 Å². The third-order valence-corrected chi connectivity index (χ3v) is 4.57. The Morgan fingerprint density at radius 3 is 2.40 bits per heavy atom. The molecule has 0 aliphatic heterocycles. The van der Waals surface area contributed by atoms with Gasteiger partial charge in [-0.15, -0.1) is 0 Å². The van der Waals surface area contributed by atoms with Gasteiger partial charge in [0.1, 0.15) is 17.2 Å². The van der Waals surface area contributed by atoms with Gasteiger partial charge < -0.3 is 9.72 Å². The predicted molar refractivity (Wildman–Crippen MR) is 103 cm³/mol. The molecule has 0 unspecified atom stereocenters. The fourth-order valence-corrected chi connectivity index (χ4v) is 3.04. The lowest BCUT2D eigenvalue weighted by Gasteiger charge is -2.08. The molecule has 8 heteroatoms. The summed E-state index contributed by atoms with van der Waals surface area (Å²) in [6.45, 7) is 0.154. The van der Waals surface area contributed by atoms with Crippen molar-refractivity contribution in [2.24, 2.45) is 0 Å². The van der Waals surface area contributed by atoms with Crippen LogP contribution in [0.25, 0.3) is 16.8 Å².